The molecule has 20 heavy (non-hydrogen) atoms. The molecule has 1 aliphatic carbocycles. The summed E-state index contributed by atoms with van der Waals surface area (Å²) in [5, 5.41) is 11.9. The first kappa shape index (κ1) is 14.2. The molecule has 1 aromatic rings. The molecule has 1 aromatic heterocycles. The zero-order valence-corrected chi connectivity index (χ0v) is 11.0. The highest BCUT2D eigenvalue weighted by Gasteiger charge is 2.41. The zero-order chi connectivity index (χ0) is 14.6. The van der Waals surface area contributed by atoms with E-state index in [4.69, 9.17) is 0 Å². The Morgan fingerprint density at radius 2 is 2.10 bits per heavy atom. The highest BCUT2D eigenvalue weighted by Crippen LogP contribution is 2.37. The Labute approximate surface area is 115 Å². The van der Waals surface area contributed by atoms with Gasteiger partial charge in [-0.2, -0.15) is 0 Å². The number of carboxylic acids is 1. The molecule has 1 heterocycles. The van der Waals surface area contributed by atoms with E-state index in [2.05, 4.69) is 10.3 Å². The van der Waals surface area contributed by atoms with Crippen LogP contribution in [0.4, 0.5) is 0 Å². The first-order valence-electron chi connectivity index (χ1n) is 6.55. The minimum absolute atomic E-state index is 0.107. The molecule has 7 heteroatoms. The van der Waals surface area contributed by atoms with Crippen LogP contribution in [-0.4, -0.2) is 33.1 Å². The maximum absolute atomic E-state index is 11.8. The molecular weight excluding hydrogens is 262 g/mol. The lowest BCUT2D eigenvalue weighted by atomic mass is 9.86. The number of aliphatic carboxylic acids is 1. The van der Waals surface area contributed by atoms with Crippen LogP contribution in [0, 0.1) is 5.41 Å². The summed E-state index contributed by atoms with van der Waals surface area (Å²) in [7, 11) is 0. The van der Waals surface area contributed by atoms with Gasteiger partial charge in [0.2, 0.25) is 5.91 Å². The van der Waals surface area contributed by atoms with Crippen molar-refractivity contribution in [2.45, 2.75) is 32.2 Å². The number of nitrogens with one attached hydrogen (secondary N) is 1. The van der Waals surface area contributed by atoms with E-state index in [1.807, 2.05) is 0 Å². The minimum atomic E-state index is -0.867. The Bertz CT molecular complexity index is 561. The van der Waals surface area contributed by atoms with Crippen molar-refractivity contribution in [3.63, 3.8) is 0 Å². The first-order valence-corrected chi connectivity index (χ1v) is 6.55. The minimum Gasteiger partial charge on any atom is -0.481 e. The van der Waals surface area contributed by atoms with E-state index in [1.54, 1.807) is 6.07 Å². The molecular formula is C13H17N3O4. The molecule has 0 aliphatic heterocycles. The van der Waals surface area contributed by atoms with E-state index in [0.29, 0.717) is 12.8 Å². The predicted molar refractivity (Wildman–Crippen MR) is 70.0 cm³/mol. The van der Waals surface area contributed by atoms with Crippen LogP contribution in [0.25, 0.3) is 0 Å². The molecule has 1 fully saturated rings. The van der Waals surface area contributed by atoms with Crippen molar-refractivity contribution < 1.29 is 14.7 Å². The van der Waals surface area contributed by atoms with Crippen molar-refractivity contribution in [2.24, 2.45) is 5.41 Å². The van der Waals surface area contributed by atoms with Crippen LogP contribution in [0.5, 0.6) is 0 Å². The van der Waals surface area contributed by atoms with Gasteiger partial charge >= 0.3 is 11.7 Å². The predicted octanol–water partition coefficient (Wildman–Crippen LogP) is 0.00450. The summed E-state index contributed by atoms with van der Waals surface area (Å²) in [6.45, 7) is -0.0431. The van der Waals surface area contributed by atoms with Gasteiger partial charge in [0.05, 0.1) is 5.41 Å². The Kier molecular flexibility index (Phi) is 4.16. The maximum Gasteiger partial charge on any atom is 0.347 e. The van der Waals surface area contributed by atoms with Crippen LogP contribution >= 0.6 is 0 Å². The SMILES string of the molecule is O=C(Cn1cccnc1=O)NCC1(C(=O)O)CCCC1. The van der Waals surface area contributed by atoms with Gasteiger partial charge in [-0.15, -0.1) is 0 Å². The van der Waals surface area contributed by atoms with Gasteiger partial charge in [0.25, 0.3) is 0 Å². The molecule has 2 N–H and O–H groups in total. The van der Waals surface area contributed by atoms with Crippen LogP contribution in [0.1, 0.15) is 25.7 Å². The lowest BCUT2D eigenvalue weighted by Gasteiger charge is -2.23. The first-order chi connectivity index (χ1) is 9.53. The molecule has 1 saturated carbocycles. The second kappa shape index (κ2) is 5.85. The van der Waals surface area contributed by atoms with Crippen molar-refractivity contribution >= 4 is 11.9 Å². The second-order valence-electron chi connectivity index (χ2n) is 5.10. The van der Waals surface area contributed by atoms with Crippen molar-refractivity contribution in [3.8, 4) is 0 Å². The normalized spacial score (nSPS) is 16.8. The maximum atomic E-state index is 11.8. The number of hydrogen-bond acceptors (Lipinski definition) is 4. The zero-order valence-electron chi connectivity index (χ0n) is 11.0. The van der Waals surface area contributed by atoms with Crippen molar-refractivity contribution in [3.05, 3.63) is 28.9 Å². The van der Waals surface area contributed by atoms with E-state index < -0.39 is 17.1 Å². The van der Waals surface area contributed by atoms with E-state index >= 15 is 0 Å². The largest absolute Gasteiger partial charge is 0.481 e. The Balaban J connectivity index is 1.94. The molecule has 0 saturated heterocycles. The lowest BCUT2D eigenvalue weighted by Crippen LogP contribution is -2.43. The van der Waals surface area contributed by atoms with E-state index in [1.165, 1.54) is 17.0 Å². The summed E-state index contributed by atoms with van der Waals surface area (Å²) in [6, 6.07) is 1.56. The van der Waals surface area contributed by atoms with Gasteiger partial charge in [-0.05, 0) is 18.9 Å². The summed E-state index contributed by atoms with van der Waals surface area (Å²) in [5.74, 6) is -1.25. The van der Waals surface area contributed by atoms with Gasteiger partial charge in [0, 0.05) is 18.9 Å². The molecule has 7 nitrogen and oxygen atoms in total. The third-order valence-electron chi connectivity index (χ3n) is 3.73. The number of amides is 1. The molecule has 2 rings (SSSR count). The van der Waals surface area contributed by atoms with Crippen LogP contribution in [-0.2, 0) is 16.1 Å². The fourth-order valence-electron chi connectivity index (χ4n) is 2.50. The molecule has 108 valence electrons. The fourth-order valence-corrected chi connectivity index (χ4v) is 2.50. The second-order valence-corrected chi connectivity index (χ2v) is 5.10. The molecule has 1 aliphatic rings. The molecule has 0 atom stereocenters. The number of nitrogens with zero attached hydrogens (tertiary/aromatic N) is 2. The van der Waals surface area contributed by atoms with Crippen LogP contribution in [0.2, 0.25) is 0 Å². The Morgan fingerprint density at radius 3 is 2.70 bits per heavy atom. The van der Waals surface area contributed by atoms with E-state index in [-0.39, 0.29) is 19.0 Å². The van der Waals surface area contributed by atoms with Gasteiger partial charge in [0.1, 0.15) is 6.54 Å². The highest BCUT2D eigenvalue weighted by atomic mass is 16.4. The molecule has 0 radical (unpaired) electrons. The van der Waals surface area contributed by atoms with Crippen molar-refractivity contribution in [1.29, 1.82) is 0 Å². The quantitative estimate of drug-likeness (QED) is 0.790. The van der Waals surface area contributed by atoms with Gasteiger partial charge in [-0.1, -0.05) is 12.8 Å². The highest BCUT2D eigenvalue weighted by molar-refractivity contribution is 5.79. The molecule has 0 bridgehead atoms. The number of carboxylic acid groups (broad SMARTS) is 1. The van der Waals surface area contributed by atoms with E-state index in [9.17, 15) is 19.5 Å². The number of hydrogen-bond donors (Lipinski definition) is 2. The topological polar surface area (TPSA) is 101 Å². The summed E-state index contributed by atoms with van der Waals surface area (Å²) in [5.41, 5.74) is -1.35. The number of carbonyl (C=O) groups excluding carboxylic acids is 1. The third kappa shape index (κ3) is 3.04. The van der Waals surface area contributed by atoms with Crippen molar-refractivity contribution in [2.75, 3.05) is 6.54 Å². The Morgan fingerprint density at radius 1 is 1.40 bits per heavy atom. The van der Waals surface area contributed by atoms with Crippen LogP contribution in [0.3, 0.4) is 0 Å². The standard InChI is InChI=1S/C13H17N3O4/c17-10(8-16-7-3-6-14-12(16)20)15-9-13(11(18)19)4-1-2-5-13/h3,6-7H,1-2,4-5,8-9H2,(H,15,17)(H,18,19). The monoisotopic (exact) mass is 279 g/mol. The molecule has 0 spiro atoms. The average Bonchev–Trinajstić information content (AvgIpc) is 2.89. The van der Waals surface area contributed by atoms with Crippen molar-refractivity contribution in [1.82, 2.24) is 14.9 Å². The summed E-state index contributed by atoms with van der Waals surface area (Å²) >= 11 is 0. The molecule has 0 aromatic carbocycles. The summed E-state index contributed by atoms with van der Waals surface area (Å²) in [6.07, 6.45) is 5.71. The molecule has 1 amide bonds. The van der Waals surface area contributed by atoms with Crippen LogP contribution in [0.15, 0.2) is 23.3 Å². The fraction of sp³-hybridized carbons (Fsp3) is 0.538. The smallest absolute Gasteiger partial charge is 0.347 e. The van der Waals surface area contributed by atoms with E-state index in [0.717, 1.165) is 12.8 Å². The summed E-state index contributed by atoms with van der Waals surface area (Å²) in [4.78, 5) is 38.0. The average molecular weight is 279 g/mol. The molecule has 0 unspecified atom stereocenters. The number of aromatic nitrogens is 2. The number of rotatable bonds is 5. The van der Waals surface area contributed by atoms with Gasteiger partial charge in [-0.25, -0.2) is 9.78 Å². The Hall–Kier alpha value is -2.18. The summed E-state index contributed by atoms with van der Waals surface area (Å²) < 4.78 is 1.18. The lowest BCUT2D eigenvalue weighted by molar-refractivity contribution is -0.148. The van der Waals surface area contributed by atoms with Gasteiger partial charge in [0.15, 0.2) is 0 Å². The third-order valence-corrected chi connectivity index (χ3v) is 3.73. The van der Waals surface area contributed by atoms with Gasteiger partial charge in [-0.3, -0.25) is 14.2 Å². The van der Waals surface area contributed by atoms with Crippen LogP contribution < -0.4 is 11.0 Å². The van der Waals surface area contributed by atoms with Gasteiger partial charge < -0.3 is 10.4 Å². The number of carbonyl (C=O) groups is 2.